The van der Waals surface area contributed by atoms with Crippen LogP contribution in [-0.4, -0.2) is 23.8 Å². The highest BCUT2D eigenvalue weighted by atomic mass is 16.2. The van der Waals surface area contributed by atoms with Crippen LogP contribution in [0.25, 0.3) is 5.57 Å². The van der Waals surface area contributed by atoms with Gasteiger partial charge in [-0.05, 0) is 6.07 Å². The number of hydrogen-bond acceptors (Lipinski definition) is 6. The third-order valence-electron chi connectivity index (χ3n) is 3.37. The minimum absolute atomic E-state index is 0.106. The molecule has 0 radical (unpaired) electrons. The predicted octanol–water partition coefficient (Wildman–Crippen LogP) is 0.836. The lowest BCUT2D eigenvalue weighted by atomic mass is 9.89. The predicted molar refractivity (Wildman–Crippen MR) is 78.5 cm³/mol. The molecule has 0 fully saturated rings. The average Bonchev–Trinajstić information content (AvgIpc) is 2.57. The van der Waals surface area contributed by atoms with Gasteiger partial charge in [0.1, 0.15) is 18.2 Å². The van der Waals surface area contributed by atoms with E-state index in [1.807, 2.05) is 0 Å². The van der Waals surface area contributed by atoms with E-state index in [9.17, 15) is 14.9 Å². The quantitative estimate of drug-likeness (QED) is 0.464. The van der Waals surface area contributed by atoms with Crippen LogP contribution in [0.15, 0.2) is 41.1 Å². The molecule has 7 nitrogen and oxygen atoms in total. The minimum atomic E-state index is -0.719. The number of nitrogens with two attached hydrogens (primary N) is 1. The van der Waals surface area contributed by atoms with E-state index in [1.165, 1.54) is 19.2 Å². The molecule has 1 aliphatic heterocycles. The van der Waals surface area contributed by atoms with Gasteiger partial charge in [-0.15, -0.1) is 0 Å². The molecule has 1 aromatic rings. The van der Waals surface area contributed by atoms with Crippen molar-refractivity contribution < 1.29 is 9.59 Å². The highest BCUT2D eigenvalue weighted by Crippen LogP contribution is 2.32. The van der Waals surface area contributed by atoms with Crippen molar-refractivity contribution in [3.63, 3.8) is 0 Å². The molecular formula is C16H9N5O2. The summed E-state index contributed by atoms with van der Waals surface area (Å²) in [6.45, 7) is 0. The van der Waals surface area contributed by atoms with Gasteiger partial charge >= 0.3 is 0 Å². The van der Waals surface area contributed by atoms with Crippen molar-refractivity contribution in [1.82, 2.24) is 4.90 Å². The largest absolute Gasteiger partial charge is 0.396 e. The molecule has 1 heterocycles. The number of nitriles is 3. The zero-order valence-corrected chi connectivity index (χ0v) is 12.0. The van der Waals surface area contributed by atoms with Crippen molar-refractivity contribution in [3.05, 3.63) is 52.2 Å². The Balaban J connectivity index is 2.92. The Morgan fingerprint density at radius 3 is 2.09 bits per heavy atom. The zero-order valence-electron chi connectivity index (χ0n) is 12.0. The van der Waals surface area contributed by atoms with E-state index >= 15 is 0 Å². The van der Waals surface area contributed by atoms with Crippen LogP contribution in [0.4, 0.5) is 0 Å². The summed E-state index contributed by atoms with van der Waals surface area (Å²) in [5.74, 6) is -1.22. The normalized spacial score (nSPS) is 15.0. The molecule has 1 aliphatic rings. The van der Waals surface area contributed by atoms with E-state index in [2.05, 4.69) is 0 Å². The van der Waals surface area contributed by atoms with Gasteiger partial charge in [-0.25, -0.2) is 0 Å². The van der Waals surface area contributed by atoms with Crippen molar-refractivity contribution in [2.45, 2.75) is 0 Å². The third kappa shape index (κ3) is 2.31. The van der Waals surface area contributed by atoms with Crippen molar-refractivity contribution in [1.29, 1.82) is 15.8 Å². The summed E-state index contributed by atoms with van der Waals surface area (Å²) >= 11 is 0. The van der Waals surface area contributed by atoms with Gasteiger partial charge in [0.2, 0.25) is 0 Å². The first-order chi connectivity index (χ1) is 11.0. The standard InChI is InChI=1S/C16H9N5O2/c1-21-15(22)11-5-3-2-4-10(11)13(16(21)23)12(8-19)14(20)9(6-17)7-18/h2-5H,20H2,1H3/b13-12-. The lowest BCUT2D eigenvalue weighted by Crippen LogP contribution is -2.39. The van der Waals surface area contributed by atoms with Gasteiger partial charge in [0.25, 0.3) is 11.8 Å². The molecule has 0 saturated heterocycles. The number of imide groups is 1. The SMILES string of the molecule is CN1C(=O)/C(=C(/C#N)C(N)=C(C#N)C#N)c2ccccc2C1=O. The number of fused-ring (bicyclic) bond motifs is 1. The summed E-state index contributed by atoms with van der Waals surface area (Å²) in [6, 6.07) is 11.2. The van der Waals surface area contributed by atoms with Crippen LogP contribution in [0.3, 0.4) is 0 Å². The van der Waals surface area contributed by atoms with Crippen molar-refractivity contribution in [2.75, 3.05) is 7.05 Å². The van der Waals surface area contributed by atoms with E-state index in [0.717, 1.165) is 4.90 Å². The molecule has 110 valence electrons. The van der Waals surface area contributed by atoms with E-state index in [-0.39, 0.29) is 22.3 Å². The number of carbonyl (C=O) groups is 2. The molecule has 23 heavy (non-hydrogen) atoms. The van der Waals surface area contributed by atoms with Crippen molar-refractivity contribution in [2.24, 2.45) is 5.73 Å². The minimum Gasteiger partial charge on any atom is -0.396 e. The average molecular weight is 303 g/mol. The summed E-state index contributed by atoms with van der Waals surface area (Å²) in [5.41, 5.74) is 4.93. The molecule has 0 aliphatic carbocycles. The van der Waals surface area contributed by atoms with Crippen LogP contribution in [-0.2, 0) is 4.79 Å². The monoisotopic (exact) mass is 303 g/mol. The Kier molecular flexibility index (Phi) is 3.94. The molecule has 0 atom stereocenters. The second kappa shape index (κ2) is 5.85. The fraction of sp³-hybridized carbons (Fsp3) is 0.0625. The number of hydrogen-bond donors (Lipinski definition) is 1. The van der Waals surface area contributed by atoms with Gasteiger partial charge in [0.05, 0.1) is 16.8 Å². The highest BCUT2D eigenvalue weighted by molar-refractivity contribution is 6.32. The lowest BCUT2D eigenvalue weighted by Gasteiger charge is -2.26. The first kappa shape index (κ1) is 15.5. The Bertz CT molecular complexity index is 903. The molecule has 0 unspecified atom stereocenters. The maximum Gasteiger partial charge on any atom is 0.262 e. The molecule has 2 N–H and O–H groups in total. The zero-order chi connectivity index (χ0) is 17.1. The number of allylic oxidation sites excluding steroid dienone is 2. The molecular weight excluding hydrogens is 294 g/mol. The van der Waals surface area contributed by atoms with Crippen molar-refractivity contribution >= 4 is 17.4 Å². The molecule has 0 aromatic heterocycles. The van der Waals surface area contributed by atoms with Crippen LogP contribution >= 0.6 is 0 Å². The number of carbonyl (C=O) groups excluding carboxylic acids is 2. The first-order valence-corrected chi connectivity index (χ1v) is 6.34. The van der Waals surface area contributed by atoms with Crippen LogP contribution in [0, 0.1) is 34.0 Å². The summed E-state index contributed by atoms with van der Waals surface area (Å²) in [4.78, 5) is 25.5. The van der Waals surface area contributed by atoms with Gasteiger partial charge in [0.15, 0.2) is 5.57 Å². The van der Waals surface area contributed by atoms with Crippen LogP contribution in [0.2, 0.25) is 0 Å². The number of amides is 2. The van der Waals surface area contributed by atoms with E-state index < -0.39 is 23.1 Å². The summed E-state index contributed by atoms with van der Waals surface area (Å²) in [6.07, 6.45) is 0. The van der Waals surface area contributed by atoms with Crippen LogP contribution in [0.5, 0.6) is 0 Å². The molecule has 2 rings (SSSR count). The second-order valence-electron chi connectivity index (χ2n) is 4.59. The lowest BCUT2D eigenvalue weighted by molar-refractivity contribution is -0.121. The first-order valence-electron chi connectivity index (χ1n) is 6.34. The maximum atomic E-state index is 12.5. The smallest absolute Gasteiger partial charge is 0.262 e. The topological polar surface area (TPSA) is 135 Å². The molecule has 0 spiro atoms. The van der Waals surface area contributed by atoms with E-state index in [1.54, 1.807) is 30.3 Å². The second-order valence-corrected chi connectivity index (χ2v) is 4.59. The number of benzene rings is 1. The van der Waals surface area contributed by atoms with Gasteiger partial charge in [-0.2, -0.15) is 15.8 Å². The molecule has 2 amide bonds. The fourth-order valence-corrected chi connectivity index (χ4v) is 2.21. The Morgan fingerprint density at radius 1 is 1.00 bits per heavy atom. The Labute approximate surface area is 131 Å². The third-order valence-corrected chi connectivity index (χ3v) is 3.37. The van der Waals surface area contributed by atoms with E-state index in [0.29, 0.717) is 0 Å². The molecule has 1 aromatic carbocycles. The summed E-state index contributed by atoms with van der Waals surface area (Å²) in [5, 5.41) is 27.2. The molecule has 7 heteroatoms. The molecule has 0 saturated carbocycles. The fourth-order valence-electron chi connectivity index (χ4n) is 2.21. The highest BCUT2D eigenvalue weighted by Gasteiger charge is 2.35. The summed E-state index contributed by atoms with van der Waals surface area (Å²) < 4.78 is 0. The van der Waals surface area contributed by atoms with Gasteiger partial charge in [-0.3, -0.25) is 14.5 Å². The number of likely N-dealkylation sites (N-methyl/N-ethyl adjacent to an activating group) is 1. The molecule has 0 bridgehead atoms. The summed E-state index contributed by atoms with van der Waals surface area (Å²) in [7, 11) is 1.28. The number of rotatable bonds is 1. The Morgan fingerprint density at radius 2 is 1.57 bits per heavy atom. The van der Waals surface area contributed by atoms with Crippen molar-refractivity contribution in [3.8, 4) is 18.2 Å². The van der Waals surface area contributed by atoms with Gasteiger partial charge in [-0.1, -0.05) is 18.2 Å². The maximum absolute atomic E-state index is 12.5. The van der Waals surface area contributed by atoms with Gasteiger partial charge < -0.3 is 5.73 Å². The van der Waals surface area contributed by atoms with Crippen LogP contribution in [0.1, 0.15) is 15.9 Å². The number of nitrogens with zero attached hydrogens (tertiary/aromatic N) is 4. The Hall–Kier alpha value is -3.89. The van der Waals surface area contributed by atoms with Gasteiger partial charge in [0, 0.05) is 18.2 Å². The van der Waals surface area contributed by atoms with E-state index in [4.69, 9.17) is 16.3 Å². The van der Waals surface area contributed by atoms with Crippen LogP contribution < -0.4 is 5.73 Å².